The van der Waals surface area contributed by atoms with Crippen molar-refractivity contribution in [2.24, 2.45) is 0 Å². The number of halogens is 1. The number of para-hydroxylation sites is 1. The first-order chi connectivity index (χ1) is 10.3. The lowest BCUT2D eigenvalue weighted by Gasteiger charge is -2.14. The van der Waals surface area contributed by atoms with Gasteiger partial charge in [0.1, 0.15) is 12.1 Å². The van der Waals surface area contributed by atoms with Crippen molar-refractivity contribution in [2.45, 2.75) is 18.4 Å². The van der Waals surface area contributed by atoms with Crippen molar-refractivity contribution in [3.63, 3.8) is 0 Å². The Morgan fingerprint density at radius 3 is 2.71 bits per heavy atom. The van der Waals surface area contributed by atoms with Crippen LogP contribution in [-0.2, 0) is 0 Å². The van der Waals surface area contributed by atoms with Gasteiger partial charge in [-0.3, -0.25) is 0 Å². The van der Waals surface area contributed by atoms with Gasteiger partial charge in [0.25, 0.3) is 0 Å². The first-order valence-corrected chi connectivity index (χ1v) is 7.43. The fraction of sp³-hybridized carbons (Fsp3) is 0.267. The predicted octanol–water partition coefficient (Wildman–Crippen LogP) is 3.00. The van der Waals surface area contributed by atoms with Gasteiger partial charge in [0.05, 0.1) is 22.8 Å². The van der Waals surface area contributed by atoms with Crippen molar-refractivity contribution in [3.05, 3.63) is 42.9 Å². The van der Waals surface area contributed by atoms with Crippen LogP contribution in [0.2, 0.25) is 0 Å². The number of rotatable bonds is 4. The molecular weight excluding hydrogens is 286 g/mol. The van der Waals surface area contributed by atoms with Crippen LogP contribution in [0.4, 0.5) is 5.82 Å². The summed E-state index contributed by atoms with van der Waals surface area (Å²) in [6.07, 6.45) is 5.52. The molecule has 0 aliphatic heterocycles. The Balaban J connectivity index is 1.80. The highest BCUT2D eigenvalue weighted by Gasteiger charge is 2.42. The van der Waals surface area contributed by atoms with Gasteiger partial charge in [-0.15, -0.1) is 11.6 Å². The molecule has 0 amide bonds. The minimum absolute atomic E-state index is 0.00230. The molecule has 106 valence electrons. The van der Waals surface area contributed by atoms with Crippen LogP contribution in [0, 0.1) is 0 Å². The van der Waals surface area contributed by atoms with Gasteiger partial charge >= 0.3 is 0 Å². The van der Waals surface area contributed by atoms with Crippen molar-refractivity contribution in [1.82, 2.24) is 19.7 Å². The molecule has 0 radical (unpaired) electrons. The number of aromatic nitrogens is 4. The van der Waals surface area contributed by atoms with Gasteiger partial charge in [0.15, 0.2) is 5.65 Å². The average Bonchev–Trinajstić information content (AvgIpc) is 3.17. The third kappa shape index (κ3) is 2.14. The Morgan fingerprint density at radius 1 is 1.19 bits per heavy atom. The third-order valence-electron chi connectivity index (χ3n) is 3.86. The van der Waals surface area contributed by atoms with Crippen molar-refractivity contribution in [2.75, 3.05) is 11.2 Å². The second kappa shape index (κ2) is 4.70. The van der Waals surface area contributed by atoms with Gasteiger partial charge in [0, 0.05) is 5.88 Å². The number of benzene rings is 1. The second-order valence-corrected chi connectivity index (χ2v) is 5.66. The van der Waals surface area contributed by atoms with E-state index >= 15 is 0 Å². The molecule has 0 saturated heterocycles. The van der Waals surface area contributed by atoms with E-state index in [9.17, 15) is 0 Å². The molecule has 21 heavy (non-hydrogen) atoms. The summed E-state index contributed by atoms with van der Waals surface area (Å²) in [4.78, 5) is 8.72. The molecule has 1 saturated carbocycles. The molecule has 2 aromatic heterocycles. The molecule has 3 aromatic rings. The molecule has 0 spiro atoms. The Kier molecular flexibility index (Phi) is 2.82. The summed E-state index contributed by atoms with van der Waals surface area (Å²) in [5, 5.41) is 8.81. The second-order valence-electron chi connectivity index (χ2n) is 5.39. The van der Waals surface area contributed by atoms with E-state index in [2.05, 4.69) is 20.4 Å². The highest BCUT2D eigenvalue weighted by Crippen LogP contribution is 2.40. The fourth-order valence-corrected chi connectivity index (χ4v) is 2.73. The molecule has 5 nitrogen and oxygen atoms in total. The Morgan fingerprint density at radius 2 is 2.00 bits per heavy atom. The van der Waals surface area contributed by atoms with Gasteiger partial charge in [-0.1, -0.05) is 18.2 Å². The van der Waals surface area contributed by atoms with Crippen LogP contribution in [0.15, 0.2) is 42.9 Å². The highest BCUT2D eigenvalue weighted by molar-refractivity contribution is 6.19. The van der Waals surface area contributed by atoms with Crippen molar-refractivity contribution < 1.29 is 0 Å². The Labute approximate surface area is 127 Å². The topological polar surface area (TPSA) is 55.6 Å². The van der Waals surface area contributed by atoms with Gasteiger partial charge in [-0.05, 0) is 25.0 Å². The monoisotopic (exact) mass is 299 g/mol. The molecular formula is C15H14ClN5. The largest absolute Gasteiger partial charge is 0.363 e. The van der Waals surface area contributed by atoms with Gasteiger partial charge < -0.3 is 5.32 Å². The van der Waals surface area contributed by atoms with E-state index in [0.717, 1.165) is 35.4 Å². The van der Waals surface area contributed by atoms with Crippen molar-refractivity contribution in [3.8, 4) is 5.69 Å². The van der Waals surface area contributed by atoms with E-state index in [1.54, 1.807) is 12.5 Å². The maximum absolute atomic E-state index is 6.03. The normalized spacial score (nSPS) is 16.0. The van der Waals surface area contributed by atoms with E-state index in [1.165, 1.54) is 0 Å². The van der Waals surface area contributed by atoms with E-state index < -0.39 is 0 Å². The lowest BCUT2D eigenvalue weighted by Crippen LogP contribution is -2.23. The average molecular weight is 300 g/mol. The molecule has 1 fully saturated rings. The summed E-state index contributed by atoms with van der Waals surface area (Å²) < 4.78 is 1.82. The molecule has 4 rings (SSSR count). The zero-order chi connectivity index (χ0) is 14.3. The molecule has 2 heterocycles. The van der Waals surface area contributed by atoms with E-state index in [4.69, 9.17) is 11.6 Å². The van der Waals surface area contributed by atoms with Crippen LogP contribution in [0.25, 0.3) is 16.7 Å². The number of hydrogen-bond acceptors (Lipinski definition) is 4. The molecule has 6 heteroatoms. The first kappa shape index (κ1) is 12.6. The van der Waals surface area contributed by atoms with Crippen LogP contribution in [0.3, 0.4) is 0 Å². The summed E-state index contributed by atoms with van der Waals surface area (Å²) in [5.41, 5.74) is 1.78. The third-order valence-corrected chi connectivity index (χ3v) is 4.37. The summed E-state index contributed by atoms with van der Waals surface area (Å²) in [6.45, 7) is 0. The van der Waals surface area contributed by atoms with E-state index in [-0.39, 0.29) is 5.54 Å². The predicted molar refractivity (Wildman–Crippen MR) is 83.0 cm³/mol. The molecule has 1 N–H and O–H groups in total. The molecule has 0 unspecified atom stereocenters. The summed E-state index contributed by atoms with van der Waals surface area (Å²) in [5.74, 6) is 1.39. The minimum Gasteiger partial charge on any atom is -0.363 e. The Hall–Kier alpha value is -2.14. The fourth-order valence-electron chi connectivity index (χ4n) is 2.40. The number of alkyl halides is 1. The maximum Gasteiger partial charge on any atom is 0.168 e. The van der Waals surface area contributed by atoms with E-state index in [0.29, 0.717) is 5.88 Å². The number of nitrogens with one attached hydrogen (secondary N) is 1. The number of anilines is 1. The Bertz CT molecular complexity index is 779. The molecule has 1 aromatic carbocycles. The number of hydrogen-bond donors (Lipinski definition) is 1. The van der Waals surface area contributed by atoms with E-state index in [1.807, 2.05) is 35.0 Å². The first-order valence-electron chi connectivity index (χ1n) is 6.90. The maximum atomic E-state index is 6.03. The van der Waals surface area contributed by atoms with Crippen molar-refractivity contribution >= 4 is 28.5 Å². The van der Waals surface area contributed by atoms with Gasteiger partial charge in [-0.25, -0.2) is 14.6 Å². The zero-order valence-electron chi connectivity index (χ0n) is 11.3. The quantitative estimate of drug-likeness (QED) is 0.753. The lowest BCUT2D eigenvalue weighted by molar-refractivity contribution is 0.830. The van der Waals surface area contributed by atoms with Crippen LogP contribution in [0.5, 0.6) is 0 Å². The zero-order valence-corrected chi connectivity index (χ0v) is 12.1. The van der Waals surface area contributed by atoms with Crippen LogP contribution in [0.1, 0.15) is 12.8 Å². The molecule has 1 aliphatic carbocycles. The lowest BCUT2D eigenvalue weighted by atomic mass is 10.3. The molecule has 1 aliphatic rings. The minimum atomic E-state index is -0.00230. The summed E-state index contributed by atoms with van der Waals surface area (Å²) >= 11 is 6.03. The number of nitrogens with zero attached hydrogens (tertiary/aromatic N) is 4. The van der Waals surface area contributed by atoms with Crippen LogP contribution in [-0.4, -0.2) is 31.2 Å². The van der Waals surface area contributed by atoms with Gasteiger partial charge in [-0.2, -0.15) is 5.10 Å². The smallest absolute Gasteiger partial charge is 0.168 e. The molecule has 0 bridgehead atoms. The van der Waals surface area contributed by atoms with Gasteiger partial charge in [0.2, 0.25) is 0 Å². The van der Waals surface area contributed by atoms with Crippen molar-refractivity contribution in [1.29, 1.82) is 0 Å². The molecule has 0 atom stereocenters. The summed E-state index contributed by atoms with van der Waals surface area (Å²) in [6, 6.07) is 9.95. The SMILES string of the molecule is ClCC1(Nc2ncnc3c2cnn3-c2ccccc2)CC1. The number of fused-ring (bicyclic) bond motifs is 1. The standard InChI is InChI=1S/C15H14ClN5/c16-9-15(6-7-15)20-13-12-8-19-21(14(12)18-10-17-13)11-4-2-1-3-5-11/h1-5,8,10H,6-7,9H2,(H,17,18,20). The highest BCUT2D eigenvalue weighted by atomic mass is 35.5. The van der Waals surface area contributed by atoms with Crippen LogP contribution >= 0.6 is 11.6 Å². The van der Waals surface area contributed by atoms with Crippen LogP contribution < -0.4 is 5.32 Å². The summed E-state index contributed by atoms with van der Waals surface area (Å²) in [7, 11) is 0.